The predicted molar refractivity (Wildman–Crippen MR) is 73.6 cm³/mol. The van der Waals surface area contributed by atoms with Crippen LogP contribution in [0.25, 0.3) is 0 Å². The van der Waals surface area contributed by atoms with Gasteiger partial charge in [-0.1, -0.05) is 0 Å². The van der Waals surface area contributed by atoms with Crippen LogP contribution in [0.3, 0.4) is 0 Å². The lowest BCUT2D eigenvalue weighted by Crippen LogP contribution is -2.28. The van der Waals surface area contributed by atoms with Crippen LogP contribution in [-0.4, -0.2) is 9.78 Å². The van der Waals surface area contributed by atoms with E-state index in [9.17, 15) is 0 Å². The maximum absolute atomic E-state index is 5.61. The Morgan fingerprint density at radius 1 is 1.65 bits per heavy atom. The molecule has 0 fully saturated rings. The second kappa shape index (κ2) is 5.77. The van der Waals surface area contributed by atoms with E-state index in [-0.39, 0.29) is 6.04 Å². The van der Waals surface area contributed by atoms with E-state index < -0.39 is 0 Å². The fourth-order valence-corrected chi connectivity index (χ4v) is 3.02. The lowest BCUT2D eigenvalue weighted by molar-refractivity contribution is 0.508. The van der Waals surface area contributed by atoms with E-state index in [4.69, 9.17) is 5.84 Å². The van der Waals surface area contributed by atoms with Crippen molar-refractivity contribution < 1.29 is 0 Å². The van der Waals surface area contributed by atoms with Gasteiger partial charge in [-0.3, -0.25) is 16.0 Å². The molecule has 1 atom stereocenters. The summed E-state index contributed by atoms with van der Waals surface area (Å²) in [5.41, 5.74) is 5.32. The van der Waals surface area contributed by atoms with Gasteiger partial charge in [-0.15, -0.1) is 11.3 Å². The molecule has 0 aliphatic rings. The van der Waals surface area contributed by atoms with Crippen molar-refractivity contribution in [2.75, 3.05) is 0 Å². The van der Waals surface area contributed by atoms with Gasteiger partial charge in [0, 0.05) is 25.0 Å². The highest BCUT2D eigenvalue weighted by Crippen LogP contribution is 2.27. The van der Waals surface area contributed by atoms with Gasteiger partial charge >= 0.3 is 0 Å². The van der Waals surface area contributed by atoms with Gasteiger partial charge in [0.25, 0.3) is 0 Å². The summed E-state index contributed by atoms with van der Waals surface area (Å²) >= 11 is 5.15. The number of thiophene rings is 1. The topological polar surface area (TPSA) is 55.9 Å². The zero-order valence-electron chi connectivity index (χ0n) is 9.56. The summed E-state index contributed by atoms with van der Waals surface area (Å²) in [5, 5.41) is 6.28. The summed E-state index contributed by atoms with van der Waals surface area (Å²) in [6.45, 7) is 0. The molecular weight excluding hydrogens is 300 g/mol. The van der Waals surface area contributed by atoms with Crippen LogP contribution in [0.15, 0.2) is 27.5 Å². The van der Waals surface area contributed by atoms with Crippen molar-refractivity contribution in [3.63, 3.8) is 0 Å². The van der Waals surface area contributed by atoms with E-state index >= 15 is 0 Å². The Labute approximate surface area is 113 Å². The molecule has 0 aliphatic heterocycles. The Bertz CT molecular complexity index is 479. The zero-order valence-corrected chi connectivity index (χ0v) is 12.0. The van der Waals surface area contributed by atoms with Crippen LogP contribution in [0.2, 0.25) is 0 Å². The van der Waals surface area contributed by atoms with Crippen LogP contribution in [0.1, 0.15) is 23.7 Å². The molecule has 0 bridgehead atoms. The minimum absolute atomic E-state index is 0.187. The fraction of sp³-hybridized carbons (Fsp3) is 0.364. The van der Waals surface area contributed by atoms with Crippen molar-refractivity contribution in [1.82, 2.24) is 15.2 Å². The molecule has 1 unspecified atom stereocenters. The molecule has 2 aromatic rings. The van der Waals surface area contributed by atoms with Crippen LogP contribution in [0.5, 0.6) is 0 Å². The summed E-state index contributed by atoms with van der Waals surface area (Å²) in [5.74, 6) is 5.61. The zero-order chi connectivity index (χ0) is 12.3. The Morgan fingerprint density at radius 3 is 3.00 bits per heavy atom. The quantitative estimate of drug-likeness (QED) is 0.658. The van der Waals surface area contributed by atoms with Crippen LogP contribution < -0.4 is 11.3 Å². The Kier molecular flexibility index (Phi) is 4.33. The molecule has 2 heterocycles. The van der Waals surface area contributed by atoms with E-state index in [1.54, 1.807) is 11.3 Å². The molecule has 0 saturated carbocycles. The number of rotatable bonds is 5. The van der Waals surface area contributed by atoms with Gasteiger partial charge < -0.3 is 0 Å². The van der Waals surface area contributed by atoms with Crippen LogP contribution in [0.4, 0.5) is 0 Å². The fourth-order valence-electron chi connectivity index (χ4n) is 1.79. The smallest absolute Gasteiger partial charge is 0.0701 e. The first-order chi connectivity index (χ1) is 8.20. The second-order valence-corrected chi connectivity index (χ2v) is 6.18. The number of aromatic nitrogens is 2. The second-order valence-electron chi connectivity index (χ2n) is 3.89. The molecule has 92 valence electrons. The summed E-state index contributed by atoms with van der Waals surface area (Å²) in [6, 6.07) is 4.34. The first-order valence-electron chi connectivity index (χ1n) is 5.37. The van der Waals surface area contributed by atoms with Crippen molar-refractivity contribution in [3.8, 4) is 0 Å². The number of nitrogens with zero attached hydrogens (tertiary/aromatic N) is 2. The summed E-state index contributed by atoms with van der Waals surface area (Å²) in [6.07, 6.45) is 3.74. The summed E-state index contributed by atoms with van der Waals surface area (Å²) in [7, 11) is 1.96. The number of hydrogen-bond acceptors (Lipinski definition) is 4. The highest BCUT2D eigenvalue weighted by atomic mass is 79.9. The van der Waals surface area contributed by atoms with Gasteiger partial charge in [-0.25, -0.2) is 0 Å². The monoisotopic (exact) mass is 314 g/mol. The van der Waals surface area contributed by atoms with Crippen molar-refractivity contribution in [2.24, 2.45) is 12.9 Å². The average Bonchev–Trinajstić information content (AvgIpc) is 2.90. The van der Waals surface area contributed by atoms with Crippen molar-refractivity contribution in [2.45, 2.75) is 18.9 Å². The number of halogens is 1. The predicted octanol–water partition coefficient (Wildman–Crippen LogP) is 2.38. The molecule has 0 amide bonds. The van der Waals surface area contributed by atoms with Crippen molar-refractivity contribution in [1.29, 1.82) is 0 Å². The molecule has 0 saturated heterocycles. The number of nitrogens with one attached hydrogen (secondary N) is 1. The molecule has 2 rings (SSSR count). The number of nitrogens with two attached hydrogens (primary N) is 1. The molecule has 17 heavy (non-hydrogen) atoms. The van der Waals surface area contributed by atoms with Gasteiger partial charge in [0.1, 0.15) is 0 Å². The molecule has 0 aliphatic carbocycles. The third-order valence-corrected chi connectivity index (χ3v) is 4.33. The maximum atomic E-state index is 5.61. The van der Waals surface area contributed by atoms with Crippen LogP contribution >= 0.6 is 27.3 Å². The van der Waals surface area contributed by atoms with Gasteiger partial charge in [-0.2, -0.15) is 5.10 Å². The van der Waals surface area contributed by atoms with E-state index in [2.05, 4.69) is 37.9 Å². The highest BCUT2D eigenvalue weighted by Gasteiger charge is 2.12. The number of hydrazine groups is 1. The Morgan fingerprint density at radius 2 is 2.47 bits per heavy atom. The molecule has 0 spiro atoms. The number of hydrogen-bond donors (Lipinski definition) is 2. The van der Waals surface area contributed by atoms with Crippen LogP contribution in [-0.2, 0) is 13.5 Å². The summed E-state index contributed by atoms with van der Waals surface area (Å²) < 4.78 is 3.03. The largest absolute Gasteiger partial charge is 0.273 e. The highest BCUT2D eigenvalue weighted by molar-refractivity contribution is 9.11. The minimum atomic E-state index is 0.187. The van der Waals surface area contributed by atoms with Crippen molar-refractivity contribution in [3.05, 3.63) is 38.8 Å². The van der Waals surface area contributed by atoms with Gasteiger partial charge in [0.2, 0.25) is 0 Å². The molecule has 2 aromatic heterocycles. The molecular formula is C11H15BrN4S. The Balaban J connectivity index is 1.99. The maximum Gasteiger partial charge on any atom is 0.0701 e. The van der Waals surface area contributed by atoms with E-state index in [1.165, 1.54) is 11.3 Å². The van der Waals surface area contributed by atoms with Crippen LogP contribution in [0, 0.1) is 0 Å². The average molecular weight is 315 g/mol. The van der Waals surface area contributed by atoms with E-state index in [0.29, 0.717) is 0 Å². The molecule has 6 heteroatoms. The van der Waals surface area contributed by atoms with E-state index in [0.717, 1.165) is 16.6 Å². The number of aryl methyl sites for hydroxylation is 2. The van der Waals surface area contributed by atoms with Gasteiger partial charge in [-0.05, 0) is 51.8 Å². The molecule has 3 N–H and O–H groups in total. The van der Waals surface area contributed by atoms with E-state index in [1.807, 2.05) is 24.0 Å². The third-order valence-electron chi connectivity index (χ3n) is 2.80. The normalized spacial score (nSPS) is 12.9. The third kappa shape index (κ3) is 3.16. The summed E-state index contributed by atoms with van der Waals surface area (Å²) in [4.78, 5) is 0. The molecule has 4 nitrogen and oxygen atoms in total. The van der Waals surface area contributed by atoms with Gasteiger partial charge in [0.15, 0.2) is 0 Å². The van der Waals surface area contributed by atoms with Gasteiger partial charge in [0.05, 0.1) is 3.79 Å². The molecule has 0 aromatic carbocycles. The first-order valence-corrected chi connectivity index (χ1v) is 7.05. The SMILES string of the molecule is Cn1nccc1CCC(NN)c1csc(Br)c1. The standard InChI is InChI=1S/C11H15BrN4S/c1-16-9(4-5-14-16)2-3-10(15-13)8-6-11(12)17-7-8/h4-7,10,15H,2-3,13H2,1H3. The first kappa shape index (κ1) is 12.8. The minimum Gasteiger partial charge on any atom is -0.273 e. The Hall–Kier alpha value is -0.690. The van der Waals surface area contributed by atoms with Crippen molar-refractivity contribution >= 4 is 27.3 Å². The lowest BCUT2D eigenvalue weighted by atomic mass is 10.0. The molecule has 0 radical (unpaired) electrons. The lowest BCUT2D eigenvalue weighted by Gasteiger charge is -2.14.